The highest BCUT2D eigenvalue weighted by atomic mass is 31.2. The van der Waals surface area contributed by atoms with Gasteiger partial charge >= 0.3 is 13.8 Å². The maximum atomic E-state index is 12.2. The Labute approximate surface area is 189 Å². The van der Waals surface area contributed by atoms with Crippen molar-refractivity contribution in [3.8, 4) is 0 Å². The lowest BCUT2D eigenvalue weighted by atomic mass is 10.1. The number of carbonyl (C=O) groups is 1. The molecule has 186 valence electrons. The summed E-state index contributed by atoms with van der Waals surface area (Å²) in [5.74, 6) is -0.345. The number of rotatable bonds is 23. The lowest BCUT2D eigenvalue weighted by molar-refractivity contribution is -0.154. The Bertz CT molecular complexity index is 465. The molecule has 0 radical (unpaired) electrons. The van der Waals surface area contributed by atoms with Crippen molar-refractivity contribution in [1.82, 2.24) is 0 Å². The van der Waals surface area contributed by atoms with Gasteiger partial charge in [-0.05, 0) is 12.8 Å². The van der Waals surface area contributed by atoms with Crippen molar-refractivity contribution in [2.24, 2.45) is 5.73 Å². The number of hydrogen-bond donors (Lipinski definition) is 2. The molecule has 0 spiro atoms. The summed E-state index contributed by atoms with van der Waals surface area (Å²) >= 11 is 0. The fourth-order valence-corrected chi connectivity index (χ4v) is 3.76. The van der Waals surface area contributed by atoms with Crippen LogP contribution >= 0.6 is 7.82 Å². The van der Waals surface area contributed by atoms with Gasteiger partial charge in [0.05, 0.1) is 19.8 Å². The van der Waals surface area contributed by atoms with E-state index in [2.05, 4.69) is 13.8 Å². The zero-order chi connectivity index (χ0) is 23.2. The van der Waals surface area contributed by atoms with E-state index in [9.17, 15) is 14.3 Å². The van der Waals surface area contributed by atoms with Crippen LogP contribution in [0.4, 0.5) is 0 Å². The van der Waals surface area contributed by atoms with Gasteiger partial charge in [-0.25, -0.2) is 4.57 Å². The standard InChI is InChI=1S/C22H46NO7P/c1-3-5-7-9-11-13-15-22(24)30-21(20-29-31(25,26)28-18-16-23)19-27-17-14-12-10-8-6-4-2/h21H,3-20,23H2,1-2H3,(H,25,26). The zero-order valence-corrected chi connectivity index (χ0v) is 20.6. The van der Waals surface area contributed by atoms with E-state index in [4.69, 9.17) is 24.3 Å². The Kier molecular flexibility index (Phi) is 21.0. The summed E-state index contributed by atoms with van der Waals surface area (Å²) in [6.45, 7) is 4.77. The van der Waals surface area contributed by atoms with Crippen molar-refractivity contribution in [1.29, 1.82) is 0 Å². The third-order valence-electron chi connectivity index (χ3n) is 4.77. The van der Waals surface area contributed by atoms with Crippen LogP contribution in [0.25, 0.3) is 0 Å². The predicted octanol–water partition coefficient (Wildman–Crippen LogP) is 5.12. The summed E-state index contributed by atoms with van der Waals surface area (Å²) in [5.41, 5.74) is 5.27. The third kappa shape index (κ3) is 21.1. The van der Waals surface area contributed by atoms with Crippen LogP contribution in [0, 0.1) is 0 Å². The average Bonchev–Trinajstić information content (AvgIpc) is 2.74. The van der Waals surface area contributed by atoms with Gasteiger partial charge in [0.15, 0.2) is 0 Å². The Hall–Kier alpha value is -0.500. The number of esters is 1. The summed E-state index contributed by atoms with van der Waals surface area (Å²) in [6, 6.07) is 0. The first-order chi connectivity index (χ1) is 14.9. The normalized spacial score (nSPS) is 14.3. The monoisotopic (exact) mass is 467 g/mol. The van der Waals surface area contributed by atoms with Crippen molar-refractivity contribution in [2.75, 3.05) is 33.0 Å². The number of carbonyl (C=O) groups excluding carboxylic acids is 1. The quantitative estimate of drug-likeness (QED) is 0.121. The molecule has 0 aromatic carbocycles. The van der Waals surface area contributed by atoms with Crippen molar-refractivity contribution < 1.29 is 32.8 Å². The third-order valence-corrected chi connectivity index (χ3v) is 5.76. The summed E-state index contributed by atoms with van der Waals surface area (Å²) < 4.78 is 32.6. The van der Waals surface area contributed by atoms with Gasteiger partial charge in [0, 0.05) is 19.6 Å². The molecule has 0 aromatic heterocycles. The van der Waals surface area contributed by atoms with Crippen molar-refractivity contribution >= 4 is 13.8 Å². The molecule has 0 aliphatic rings. The second-order valence-corrected chi connectivity index (χ2v) is 9.31. The van der Waals surface area contributed by atoms with Crippen LogP contribution in [0.1, 0.15) is 97.3 Å². The van der Waals surface area contributed by atoms with Crippen molar-refractivity contribution in [3.05, 3.63) is 0 Å². The summed E-state index contributed by atoms with van der Waals surface area (Å²) in [4.78, 5) is 21.8. The maximum absolute atomic E-state index is 12.2. The van der Waals surface area contributed by atoms with Gasteiger partial charge in [0.1, 0.15) is 6.10 Å². The number of phosphoric acid groups is 1. The zero-order valence-electron chi connectivity index (χ0n) is 19.7. The molecule has 0 bridgehead atoms. The molecule has 0 saturated heterocycles. The van der Waals surface area contributed by atoms with Crippen molar-refractivity contribution in [3.63, 3.8) is 0 Å². The Morgan fingerprint density at radius 3 is 2.03 bits per heavy atom. The van der Waals surface area contributed by atoms with E-state index in [1.807, 2.05) is 0 Å². The molecule has 0 saturated carbocycles. The van der Waals surface area contributed by atoms with E-state index >= 15 is 0 Å². The van der Waals surface area contributed by atoms with Crippen LogP contribution in [0.3, 0.4) is 0 Å². The van der Waals surface area contributed by atoms with E-state index < -0.39 is 13.9 Å². The number of nitrogens with two attached hydrogens (primary N) is 1. The van der Waals surface area contributed by atoms with Crippen LogP contribution < -0.4 is 5.73 Å². The first kappa shape index (κ1) is 30.5. The maximum Gasteiger partial charge on any atom is 0.472 e. The fraction of sp³-hybridized carbons (Fsp3) is 0.955. The highest BCUT2D eigenvalue weighted by Gasteiger charge is 2.25. The van der Waals surface area contributed by atoms with Gasteiger partial charge in [0.2, 0.25) is 0 Å². The van der Waals surface area contributed by atoms with E-state index in [-0.39, 0.29) is 32.3 Å². The largest absolute Gasteiger partial charge is 0.472 e. The SMILES string of the molecule is CCCCCCCCOCC(COP(=O)(O)OCCN)OC(=O)CCCCCCCC. The lowest BCUT2D eigenvalue weighted by Crippen LogP contribution is -2.28. The molecule has 31 heavy (non-hydrogen) atoms. The molecule has 0 rings (SSSR count). The van der Waals surface area contributed by atoms with Gasteiger partial charge in [-0.15, -0.1) is 0 Å². The summed E-state index contributed by atoms with van der Waals surface area (Å²) in [6.07, 6.45) is 12.9. The molecule has 0 fully saturated rings. The summed E-state index contributed by atoms with van der Waals surface area (Å²) in [7, 11) is -4.23. The first-order valence-electron chi connectivity index (χ1n) is 12.0. The molecule has 0 aromatic rings. The highest BCUT2D eigenvalue weighted by molar-refractivity contribution is 7.47. The van der Waals surface area contributed by atoms with Gasteiger partial charge in [-0.3, -0.25) is 13.8 Å². The van der Waals surface area contributed by atoms with Gasteiger partial charge in [-0.2, -0.15) is 0 Å². The molecule has 3 N–H and O–H groups in total. The molecule has 2 atom stereocenters. The molecule has 2 unspecified atom stereocenters. The molecule has 8 nitrogen and oxygen atoms in total. The fourth-order valence-electron chi connectivity index (χ4n) is 2.99. The molecular formula is C22H46NO7P. The Morgan fingerprint density at radius 1 is 0.839 bits per heavy atom. The molecule has 0 aliphatic heterocycles. The van der Waals surface area contributed by atoms with Crippen molar-refractivity contribution in [2.45, 2.75) is 103 Å². The minimum atomic E-state index is -4.23. The van der Waals surface area contributed by atoms with E-state index in [1.165, 1.54) is 44.9 Å². The average molecular weight is 468 g/mol. The van der Waals surface area contributed by atoms with Crippen LogP contribution in [0.5, 0.6) is 0 Å². The number of unbranched alkanes of at least 4 members (excludes halogenated alkanes) is 10. The lowest BCUT2D eigenvalue weighted by Gasteiger charge is -2.20. The van der Waals surface area contributed by atoms with E-state index in [0.717, 1.165) is 32.1 Å². The topological polar surface area (TPSA) is 117 Å². The van der Waals surface area contributed by atoms with Gasteiger partial charge in [0.25, 0.3) is 0 Å². The molecular weight excluding hydrogens is 421 g/mol. The minimum absolute atomic E-state index is 0.0925. The number of hydrogen-bond acceptors (Lipinski definition) is 7. The van der Waals surface area contributed by atoms with Crippen LogP contribution in [0.2, 0.25) is 0 Å². The second kappa shape index (κ2) is 21.4. The van der Waals surface area contributed by atoms with Crippen LogP contribution in [-0.4, -0.2) is 49.9 Å². The number of phosphoric ester groups is 1. The minimum Gasteiger partial charge on any atom is -0.457 e. The first-order valence-corrected chi connectivity index (χ1v) is 13.5. The summed E-state index contributed by atoms with van der Waals surface area (Å²) in [5, 5.41) is 0. The second-order valence-electron chi connectivity index (χ2n) is 7.86. The molecule has 0 aliphatic carbocycles. The number of ether oxygens (including phenoxy) is 2. The van der Waals surface area contributed by atoms with Gasteiger partial charge < -0.3 is 20.1 Å². The van der Waals surface area contributed by atoms with Crippen LogP contribution in [-0.2, 0) is 27.9 Å². The van der Waals surface area contributed by atoms with E-state index in [1.54, 1.807) is 0 Å². The highest BCUT2D eigenvalue weighted by Crippen LogP contribution is 2.43. The molecule has 0 amide bonds. The smallest absolute Gasteiger partial charge is 0.457 e. The predicted molar refractivity (Wildman–Crippen MR) is 123 cm³/mol. The molecule has 9 heteroatoms. The van der Waals surface area contributed by atoms with Gasteiger partial charge in [-0.1, -0.05) is 78.1 Å². The Balaban J connectivity index is 4.29. The Morgan fingerprint density at radius 2 is 1.42 bits per heavy atom. The van der Waals surface area contributed by atoms with Crippen LogP contribution in [0.15, 0.2) is 0 Å². The van der Waals surface area contributed by atoms with E-state index in [0.29, 0.717) is 13.0 Å². The molecule has 0 heterocycles.